The lowest BCUT2D eigenvalue weighted by Crippen LogP contribution is -2.49. The van der Waals surface area contributed by atoms with Crippen LogP contribution in [0.1, 0.15) is 6.92 Å². The van der Waals surface area contributed by atoms with E-state index < -0.39 is 6.04 Å². The van der Waals surface area contributed by atoms with E-state index in [9.17, 15) is 4.79 Å². The number of esters is 1. The Morgan fingerprint density at radius 3 is 2.43 bits per heavy atom. The van der Waals surface area contributed by atoms with Crippen molar-refractivity contribution in [1.29, 1.82) is 0 Å². The van der Waals surface area contributed by atoms with Gasteiger partial charge in [0.15, 0.2) is 0 Å². The third kappa shape index (κ3) is 3.61. The highest BCUT2D eigenvalue weighted by atomic mass is 16.5. The van der Waals surface area contributed by atoms with E-state index in [-0.39, 0.29) is 18.6 Å². The Labute approximate surface area is 85.1 Å². The maximum absolute atomic E-state index is 11.3. The highest BCUT2D eigenvalue weighted by Gasteiger charge is 2.25. The summed E-state index contributed by atoms with van der Waals surface area (Å²) >= 11 is 0. The van der Waals surface area contributed by atoms with Crippen LogP contribution in [0.15, 0.2) is 0 Å². The average Bonchev–Trinajstić information content (AvgIpc) is 2.18. The third-order valence-corrected chi connectivity index (χ3v) is 2.29. The van der Waals surface area contributed by atoms with Crippen LogP contribution < -0.4 is 5.73 Å². The van der Waals surface area contributed by atoms with Crippen LogP contribution in [0.3, 0.4) is 0 Å². The number of methoxy groups -OCH3 is 2. The molecule has 0 aliphatic rings. The van der Waals surface area contributed by atoms with Crippen molar-refractivity contribution in [2.24, 2.45) is 5.73 Å². The van der Waals surface area contributed by atoms with E-state index in [1.807, 2.05) is 18.9 Å². The number of rotatable bonds is 6. The zero-order chi connectivity index (χ0) is 11.1. The molecule has 0 saturated heterocycles. The van der Waals surface area contributed by atoms with Gasteiger partial charge in [-0.25, -0.2) is 0 Å². The molecule has 0 radical (unpaired) electrons. The van der Waals surface area contributed by atoms with Crippen molar-refractivity contribution in [3.8, 4) is 0 Å². The molecule has 0 amide bonds. The minimum Gasteiger partial charge on any atom is -0.468 e. The molecule has 0 spiro atoms. The molecular weight excluding hydrogens is 184 g/mol. The number of carbonyl (C=O) groups is 1. The molecule has 5 heteroatoms. The number of likely N-dealkylation sites (N-methyl/N-ethyl adjacent to an activating group) is 1. The minimum atomic E-state index is -0.398. The normalized spacial score (nSPS) is 15.3. The van der Waals surface area contributed by atoms with Crippen LogP contribution in [0.2, 0.25) is 0 Å². The largest absolute Gasteiger partial charge is 0.468 e. The van der Waals surface area contributed by atoms with Gasteiger partial charge >= 0.3 is 5.97 Å². The summed E-state index contributed by atoms with van der Waals surface area (Å²) in [6.45, 7) is 2.77. The molecule has 0 bridgehead atoms. The molecule has 0 aromatic rings. The molecule has 0 aromatic heterocycles. The number of nitrogens with zero attached hydrogens (tertiary/aromatic N) is 1. The fourth-order valence-corrected chi connectivity index (χ4v) is 1.23. The van der Waals surface area contributed by atoms with E-state index in [1.165, 1.54) is 7.11 Å². The lowest BCUT2D eigenvalue weighted by atomic mass is 10.2. The van der Waals surface area contributed by atoms with Crippen molar-refractivity contribution >= 4 is 5.97 Å². The number of ether oxygens (including phenoxy) is 2. The van der Waals surface area contributed by atoms with E-state index in [0.717, 1.165) is 0 Å². The summed E-state index contributed by atoms with van der Waals surface area (Å²) in [4.78, 5) is 13.2. The van der Waals surface area contributed by atoms with Crippen LogP contribution in [-0.2, 0) is 14.3 Å². The summed E-state index contributed by atoms with van der Waals surface area (Å²) in [5.74, 6) is -0.307. The predicted molar refractivity (Wildman–Crippen MR) is 54.0 cm³/mol. The van der Waals surface area contributed by atoms with Crippen molar-refractivity contribution in [2.75, 3.05) is 34.4 Å². The highest BCUT2D eigenvalue weighted by molar-refractivity contribution is 5.75. The van der Waals surface area contributed by atoms with Gasteiger partial charge in [0, 0.05) is 19.7 Å². The molecular formula is C9H20N2O3. The van der Waals surface area contributed by atoms with Gasteiger partial charge in [-0.1, -0.05) is 0 Å². The Kier molecular flexibility index (Phi) is 6.44. The molecule has 0 rings (SSSR count). The van der Waals surface area contributed by atoms with Gasteiger partial charge in [0.25, 0.3) is 0 Å². The van der Waals surface area contributed by atoms with Crippen LogP contribution in [0.25, 0.3) is 0 Å². The Morgan fingerprint density at radius 2 is 2.07 bits per heavy atom. The lowest BCUT2D eigenvalue weighted by molar-refractivity contribution is -0.147. The van der Waals surface area contributed by atoms with Crippen LogP contribution in [0.5, 0.6) is 0 Å². The lowest BCUT2D eigenvalue weighted by Gasteiger charge is -2.29. The Morgan fingerprint density at radius 1 is 1.50 bits per heavy atom. The first-order chi connectivity index (χ1) is 6.58. The number of hydrogen-bond donors (Lipinski definition) is 1. The molecule has 0 aliphatic carbocycles. The maximum atomic E-state index is 11.3. The van der Waals surface area contributed by atoms with Crippen LogP contribution >= 0.6 is 0 Å². The van der Waals surface area contributed by atoms with E-state index >= 15 is 0 Å². The average molecular weight is 204 g/mol. The first-order valence-electron chi connectivity index (χ1n) is 4.57. The monoisotopic (exact) mass is 204 g/mol. The molecule has 2 N–H and O–H groups in total. The number of carbonyl (C=O) groups excluding carboxylic acids is 1. The van der Waals surface area contributed by atoms with Crippen molar-refractivity contribution in [3.05, 3.63) is 0 Å². The third-order valence-electron chi connectivity index (χ3n) is 2.29. The smallest absolute Gasteiger partial charge is 0.324 e. The van der Waals surface area contributed by atoms with Crippen LogP contribution in [0.4, 0.5) is 0 Å². The van der Waals surface area contributed by atoms with Crippen molar-refractivity contribution < 1.29 is 14.3 Å². The van der Waals surface area contributed by atoms with Gasteiger partial charge in [-0.05, 0) is 14.0 Å². The standard InChI is InChI=1S/C9H20N2O3/c1-7(6-13-3)11(2)8(5-10)9(12)14-4/h7-8H,5-6,10H2,1-4H3. The second-order valence-corrected chi connectivity index (χ2v) is 3.24. The number of nitrogens with two attached hydrogens (primary N) is 1. The second-order valence-electron chi connectivity index (χ2n) is 3.24. The summed E-state index contributed by atoms with van der Waals surface area (Å²) in [5.41, 5.74) is 5.50. The van der Waals surface area contributed by atoms with Crippen molar-refractivity contribution in [1.82, 2.24) is 4.90 Å². The van der Waals surface area contributed by atoms with Crippen molar-refractivity contribution in [3.63, 3.8) is 0 Å². The summed E-state index contributed by atoms with van der Waals surface area (Å²) < 4.78 is 9.65. The van der Waals surface area contributed by atoms with Crippen LogP contribution in [0, 0.1) is 0 Å². The molecule has 0 saturated carbocycles. The molecule has 0 aliphatic heterocycles. The van der Waals surface area contributed by atoms with Gasteiger partial charge in [-0.15, -0.1) is 0 Å². The van der Waals surface area contributed by atoms with Crippen LogP contribution in [-0.4, -0.2) is 57.4 Å². The Bertz CT molecular complexity index is 175. The van der Waals surface area contributed by atoms with Gasteiger partial charge in [0.05, 0.1) is 13.7 Å². The van der Waals surface area contributed by atoms with E-state index in [0.29, 0.717) is 6.61 Å². The van der Waals surface area contributed by atoms with Gasteiger partial charge in [-0.2, -0.15) is 0 Å². The van der Waals surface area contributed by atoms with E-state index in [4.69, 9.17) is 10.5 Å². The quantitative estimate of drug-likeness (QED) is 0.588. The van der Waals surface area contributed by atoms with Gasteiger partial charge in [0.1, 0.15) is 6.04 Å². The van der Waals surface area contributed by atoms with Gasteiger partial charge in [0.2, 0.25) is 0 Å². The fraction of sp³-hybridized carbons (Fsp3) is 0.889. The predicted octanol–water partition coefficient (Wildman–Crippen LogP) is -0.547. The van der Waals surface area contributed by atoms with Gasteiger partial charge < -0.3 is 15.2 Å². The zero-order valence-electron chi connectivity index (χ0n) is 9.32. The zero-order valence-corrected chi connectivity index (χ0v) is 9.32. The summed E-state index contributed by atoms with van der Waals surface area (Å²) in [6.07, 6.45) is 0. The maximum Gasteiger partial charge on any atom is 0.324 e. The molecule has 2 unspecified atom stereocenters. The SMILES string of the molecule is COCC(C)N(C)C(CN)C(=O)OC. The number of hydrogen-bond acceptors (Lipinski definition) is 5. The highest BCUT2D eigenvalue weighted by Crippen LogP contribution is 2.03. The molecule has 14 heavy (non-hydrogen) atoms. The summed E-state index contributed by atoms with van der Waals surface area (Å²) in [5, 5.41) is 0. The summed E-state index contributed by atoms with van der Waals surface area (Å²) in [6, 6.07) is -0.266. The Hall–Kier alpha value is -0.650. The van der Waals surface area contributed by atoms with E-state index in [1.54, 1.807) is 7.11 Å². The first kappa shape index (κ1) is 13.4. The van der Waals surface area contributed by atoms with E-state index in [2.05, 4.69) is 4.74 Å². The Balaban J connectivity index is 4.29. The molecule has 5 nitrogen and oxygen atoms in total. The first-order valence-corrected chi connectivity index (χ1v) is 4.57. The second kappa shape index (κ2) is 6.75. The molecule has 2 atom stereocenters. The molecule has 84 valence electrons. The molecule has 0 heterocycles. The van der Waals surface area contributed by atoms with Gasteiger partial charge in [-0.3, -0.25) is 9.69 Å². The molecule has 0 aromatic carbocycles. The topological polar surface area (TPSA) is 64.8 Å². The van der Waals surface area contributed by atoms with Crippen molar-refractivity contribution in [2.45, 2.75) is 19.0 Å². The molecule has 0 fully saturated rings. The fourth-order valence-electron chi connectivity index (χ4n) is 1.23. The summed E-state index contributed by atoms with van der Waals surface area (Å²) in [7, 11) is 4.82. The minimum absolute atomic E-state index is 0.132.